The third-order valence-electron chi connectivity index (χ3n) is 3.96. The van der Waals surface area contributed by atoms with Crippen LogP contribution in [0, 0.1) is 0 Å². The number of ether oxygens (including phenoxy) is 1. The number of anilines is 1. The Hall–Kier alpha value is -2.53. The highest BCUT2D eigenvalue weighted by Crippen LogP contribution is 2.29. The molecule has 0 unspecified atom stereocenters. The number of nitrogens with two attached hydrogens (primary N) is 1. The van der Waals surface area contributed by atoms with Gasteiger partial charge in [0.05, 0.1) is 5.69 Å². The molecule has 6 heteroatoms. The molecule has 116 valence electrons. The van der Waals surface area contributed by atoms with Gasteiger partial charge >= 0.3 is 0 Å². The van der Waals surface area contributed by atoms with Gasteiger partial charge in [-0.25, -0.2) is 0 Å². The molecule has 0 bridgehead atoms. The lowest BCUT2D eigenvalue weighted by Gasteiger charge is -2.19. The van der Waals surface area contributed by atoms with Gasteiger partial charge in [-0.05, 0) is 47.9 Å². The molecule has 2 N–H and O–H groups in total. The summed E-state index contributed by atoms with van der Waals surface area (Å²) in [5.41, 5.74) is 9.17. The highest BCUT2D eigenvalue weighted by molar-refractivity contribution is 6.30. The molecule has 1 aliphatic rings. The first-order valence-electron chi connectivity index (χ1n) is 7.41. The first kappa shape index (κ1) is 14.1. The molecule has 2 aromatic carbocycles. The molecule has 1 aliphatic heterocycles. The van der Waals surface area contributed by atoms with Crippen molar-refractivity contribution >= 4 is 17.5 Å². The fraction of sp³-hybridized carbons (Fsp3) is 0.176. The second-order valence-electron chi connectivity index (χ2n) is 5.52. The molecule has 23 heavy (non-hydrogen) atoms. The van der Waals surface area contributed by atoms with E-state index in [-0.39, 0.29) is 0 Å². The predicted octanol–water partition coefficient (Wildman–Crippen LogP) is 3.18. The van der Waals surface area contributed by atoms with E-state index >= 15 is 0 Å². The van der Waals surface area contributed by atoms with Crippen LogP contribution in [-0.4, -0.2) is 14.8 Å². The third kappa shape index (κ3) is 2.64. The molecule has 4 rings (SSSR count). The Morgan fingerprint density at radius 3 is 2.91 bits per heavy atom. The molecule has 0 amide bonds. The summed E-state index contributed by atoms with van der Waals surface area (Å²) in [6.45, 7) is 0.485. The van der Waals surface area contributed by atoms with E-state index in [0.29, 0.717) is 17.6 Å². The van der Waals surface area contributed by atoms with Crippen molar-refractivity contribution in [3.8, 4) is 11.4 Å². The Balaban J connectivity index is 1.58. The molecule has 0 saturated heterocycles. The van der Waals surface area contributed by atoms with Crippen molar-refractivity contribution in [1.29, 1.82) is 0 Å². The quantitative estimate of drug-likeness (QED) is 0.802. The highest BCUT2D eigenvalue weighted by atomic mass is 35.5. The maximum absolute atomic E-state index is 5.99. The zero-order valence-corrected chi connectivity index (χ0v) is 13.1. The number of nitrogens with zero attached hydrogens (tertiary/aromatic N) is 3. The van der Waals surface area contributed by atoms with Crippen molar-refractivity contribution in [3.05, 3.63) is 64.4 Å². The number of rotatable bonds is 3. The van der Waals surface area contributed by atoms with E-state index in [4.69, 9.17) is 22.1 Å². The van der Waals surface area contributed by atoms with Crippen molar-refractivity contribution in [1.82, 2.24) is 14.8 Å². The maximum Gasteiger partial charge on any atom is 0.226 e. The number of aryl methyl sites for hydroxylation is 2. The van der Waals surface area contributed by atoms with E-state index in [1.165, 1.54) is 5.56 Å². The van der Waals surface area contributed by atoms with E-state index < -0.39 is 0 Å². The van der Waals surface area contributed by atoms with Gasteiger partial charge in [-0.2, -0.15) is 0 Å². The smallest absolute Gasteiger partial charge is 0.226 e. The zero-order chi connectivity index (χ0) is 15.8. The van der Waals surface area contributed by atoms with E-state index in [9.17, 15) is 0 Å². The van der Waals surface area contributed by atoms with Crippen LogP contribution in [0.15, 0.2) is 42.5 Å². The molecule has 0 aliphatic carbocycles. The van der Waals surface area contributed by atoms with Crippen LogP contribution in [0.5, 0.6) is 5.75 Å². The van der Waals surface area contributed by atoms with Gasteiger partial charge in [0.1, 0.15) is 18.2 Å². The predicted molar refractivity (Wildman–Crippen MR) is 89.0 cm³/mol. The lowest BCUT2D eigenvalue weighted by molar-refractivity contribution is 0.306. The molecular formula is C17H15ClN4O. The number of benzene rings is 2. The lowest BCUT2D eigenvalue weighted by Crippen LogP contribution is -2.14. The topological polar surface area (TPSA) is 66.0 Å². The summed E-state index contributed by atoms with van der Waals surface area (Å²) in [5, 5.41) is 8.77. The Kier molecular flexibility index (Phi) is 3.42. The number of hydrogen-bond donors (Lipinski definition) is 1. The molecular weight excluding hydrogens is 312 g/mol. The monoisotopic (exact) mass is 326 g/mol. The largest absolute Gasteiger partial charge is 0.489 e. The maximum atomic E-state index is 5.99. The molecule has 0 spiro atoms. The van der Waals surface area contributed by atoms with Crippen LogP contribution in [-0.2, 0) is 19.4 Å². The first-order chi connectivity index (χ1) is 11.2. The molecule has 0 radical (unpaired) electrons. The number of nitrogen functional groups attached to an aromatic ring is 1. The molecule has 0 fully saturated rings. The zero-order valence-electron chi connectivity index (χ0n) is 12.4. The van der Waals surface area contributed by atoms with Crippen molar-refractivity contribution in [2.45, 2.75) is 19.4 Å². The lowest BCUT2D eigenvalue weighted by atomic mass is 10.0. The van der Waals surface area contributed by atoms with Gasteiger partial charge in [-0.15, -0.1) is 10.2 Å². The summed E-state index contributed by atoms with van der Waals surface area (Å²) >= 11 is 5.99. The van der Waals surface area contributed by atoms with Crippen LogP contribution in [0.2, 0.25) is 5.02 Å². The van der Waals surface area contributed by atoms with Crippen LogP contribution in [0.1, 0.15) is 17.0 Å². The SMILES string of the molecule is Nc1nnc2n1-c1ccc(OCc3cccc(Cl)c3)cc1CC2. The Bertz CT molecular complexity index is 875. The van der Waals surface area contributed by atoms with Crippen molar-refractivity contribution in [3.63, 3.8) is 0 Å². The summed E-state index contributed by atoms with van der Waals surface area (Å²) in [7, 11) is 0. The van der Waals surface area contributed by atoms with Gasteiger partial charge in [0, 0.05) is 11.4 Å². The van der Waals surface area contributed by atoms with Crippen LogP contribution in [0.25, 0.3) is 5.69 Å². The molecule has 3 aromatic rings. The third-order valence-corrected chi connectivity index (χ3v) is 4.19. The molecule has 5 nitrogen and oxygen atoms in total. The highest BCUT2D eigenvalue weighted by Gasteiger charge is 2.20. The van der Waals surface area contributed by atoms with E-state index in [1.54, 1.807) is 0 Å². The first-order valence-corrected chi connectivity index (χ1v) is 7.79. The van der Waals surface area contributed by atoms with Crippen molar-refractivity contribution in [2.24, 2.45) is 0 Å². The number of halogens is 1. The fourth-order valence-corrected chi connectivity index (χ4v) is 3.08. The minimum absolute atomic E-state index is 0.425. The van der Waals surface area contributed by atoms with Crippen molar-refractivity contribution in [2.75, 3.05) is 5.73 Å². The molecule has 0 saturated carbocycles. The number of aromatic nitrogens is 3. The Morgan fingerprint density at radius 2 is 2.04 bits per heavy atom. The second kappa shape index (κ2) is 5.59. The van der Waals surface area contributed by atoms with Crippen LogP contribution in [0.3, 0.4) is 0 Å². The average molecular weight is 327 g/mol. The van der Waals surface area contributed by atoms with E-state index in [0.717, 1.165) is 35.7 Å². The van der Waals surface area contributed by atoms with E-state index in [2.05, 4.69) is 16.3 Å². The normalized spacial score (nSPS) is 12.6. The Morgan fingerprint density at radius 1 is 1.13 bits per heavy atom. The van der Waals surface area contributed by atoms with Gasteiger partial charge in [0.15, 0.2) is 0 Å². The summed E-state index contributed by atoms with van der Waals surface area (Å²) in [4.78, 5) is 0. The van der Waals surface area contributed by atoms with Gasteiger partial charge in [0.2, 0.25) is 5.95 Å². The standard InChI is InChI=1S/C17H15ClN4O/c18-13-3-1-2-11(8-13)10-23-14-5-6-15-12(9-14)4-7-16-20-21-17(19)22(15)16/h1-3,5-6,8-9H,4,7,10H2,(H2,19,21). The molecule has 2 heterocycles. The van der Waals surface area contributed by atoms with Crippen LogP contribution < -0.4 is 10.5 Å². The summed E-state index contributed by atoms with van der Waals surface area (Å²) in [6, 6.07) is 13.7. The Labute approximate surface area is 138 Å². The van der Waals surface area contributed by atoms with Crippen LogP contribution in [0.4, 0.5) is 5.95 Å². The fourth-order valence-electron chi connectivity index (χ4n) is 2.86. The van der Waals surface area contributed by atoms with Gasteiger partial charge < -0.3 is 10.5 Å². The summed E-state index contributed by atoms with van der Waals surface area (Å²) in [6.07, 6.45) is 1.73. The number of fused-ring (bicyclic) bond motifs is 3. The van der Waals surface area contributed by atoms with Gasteiger partial charge in [0.25, 0.3) is 0 Å². The minimum Gasteiger partial charge on any atom is -0.489 e. The molecule has 0 atom stereocenters. The van der Waals surface area contributed by atoms with Crippen molar-refractivity contribution < 1.29 is 4.74 Å². The van der Waals surface area contributed by atoms with E-state index in [1.807, 2.05) is 41.0 Å². The minimum atomic E-state index is 0.425. The number of hydrogen-bond acceptors (Lipinski definition) is 4. The van der Waals surface area contributed by atoms with Gasteiger partial charge in [-0.1, -0.05) is 23.7 Å². The average Bonchev–Trinajstić information content (AvgIpc) is 2.94. The molecule has 1 aromatic heterocycles. The summed E-state index contributed by atoms with van der Waals surface area (Å²) < 4.78 is 7.78. The second-order valence-corrected chi connectivity index (χ2v) is 5.96. The van der Waals surface area contributed by atoms with Crippen LogP contribution >= 0.6 is 11.6 Å². The van der Waals surface area contributed by atoms with Gasteiger partial charge in [-0.3, -0.25) is 4.57 Å². The summed E-state index contributed by atoms with van der Waals surface area (Å²) in [5.74, 6) is 2.16.